The van der Waals surface area contributed by atoms with Crippen LogP contribution >= 0.6 is 0 Å². The third-order valence-corrected chi connectivity index (χ3v) is 3.76. The van der Waals surface area contributed by atoms with Gasteiger partial charge in [0.25, 0.3) is 5.91 Å². The van der Waals surface area contributed by atoms with Crippen LogP contribution in [0.4, 0.5) is 5.69 Å². The molecule has 3 aromatic rings. The van der Waals surface area contributed by atoms with Crippen molar-refractivity contribution in [2.24, 2.45) is 5.41 Å². The number of rotatable bonds is 3. The van der Waals surface area contributed by atoms with Crippen LogP contribution in [0.2, 0.25) is 0 Å². The standard InChI is InChI=1S/C19H19N3O3/c1-19(2,3)16(24)15-9-12-7-13(10-20-17(12)22-15)21-18(25)11-5-4-6-14(23)8-11/h4-10,23H,1-3H3,(H,20,22)(H,21,25). The Morgan fingerprint density at radius 2 is 1.92 bits per heavy atom. The minimum Gasteiger partial charge on any atom is -0.508 e. The van der Waals surface area contributed by atoms with Crippen LogP contribution in [0.15, 0.2) is 42.6 Å². The van der Waals surface area contributed by atoms with E-state index in [9.17, 15) is 14.7 Å². The third kappa shape index (κ3) is 3.52. The molecular formula is C19H19N3O3. The second-order valence-corrected chi connectivity index (χ2v) is 6.93. The number of H-pyrrole nitrogens is 1. The highest BCUT2D eigenvalue weighted by molar-refractivity contribution is 6.06. The third-order valence-electron chi connectivity index (χ3n) is 3.76. The Hall–Kier alpha value is -3.15. The molecule has 3 rings (SSSR count). The number of anilines is 1. The van der Waals surface area contributed by atoms with Gasteiger partial charge in [-0.1, -0.05) is 26.8 Å². The highest BCUT2D eigenvalue weighted by Gasteiger charge is 2.24. The Morgan fingerprint density at radius 3 is 2.60 bits per heavy atom. The molecule has 2 aromatic heterocycles. The van der Waals surface area contributed by atoms with Crippen molar-refractivity contribution in [3.63, 3.8) is 0 Å². The van der Waals surface area contributed by atoms with E-state index in [1.807, 2.05) is 20.8 Å². The van der Waals surface area contributed by atoms with E-state index in [1.165, 1.54) is 18.3 Å². The molecule has 6 nitrogen and oxygen atoms in total. The highest BCUT2D eigenvalue weighted by atomic mass is 16.3. The number of aromatic hydroxyl groups is 1. The summed E-state index contributed by atoms with van der Waals surface area (Å²) in [6.07, 6.45) is 1.52. The van der Waals surface area contributed by atoms with Gasteiger partial charge >= 0.3 is 0 Å². The van der Waals surface area contributed by atoms with E-state index < -0.39 is 5.41 Å². The van der Waals surface area contributed by atoms with Crippen molar-refractivity contribution < 1.29 is 14.7 Å². The number of hydrogen-bond acceptors (Lipinski definition) is 4. The van der Waals surface area contributed by atoms with Crippen LogP contribution in [-0.2, 0) is 0 Å². The molecule has 1 amide bonds. The lowest BCUT2D eigenvalue weighted by atomic mass is 9.89. The number of hydrogen-bond donors (Lipinski definition) is 3. The van der Waals surface area contributed by atoms with Gasteiger partial charge in [-0.15, -0.1) is 0 Å². The number of amides is 1. The summed E-state index contributed by atoms with van der Waals surface area (Å²) in [7, 11) is 0. The van der Waals surface area contributed by atoms with Crippen molar-refractivity contribution in [1.29, 1.82) is 0 Å². The molecule has 128 valence electrons. The molecule has 0 saturated carbocycles. The molecule has 6 heteroatoms. The molecule has 0 atom stereocenters. The number of pyridine rings is 1. The van der Waals surface area contributed by atoms with Crippen LogP contribution in [0.5, 0.6) is 5.75 Å². The fourth-order valence-corrected chi connectivity index (χ4v) is 2.46. The molecule has 0 aliphatic heterocycles. The number of phenolic OH excluding ortho intramolecular Hbond substituents is 1. The first-order valence-corrected chi connectivity index (χ1v) is 7.88. The molecule has 0 aliphatic carbocycles. The number of carbonyl (C=O) groups excluding carboxylic acids is 2. The second-order valence-electron chi connectivity index (χ2n) is 6.93. The van der Waals surface area contributed by atoms with Crippen molar-refractivity contribution in [3.05, 3.63) is 53.9 Å². The Bertz CT molecular complexity index is 967. The number of aromatic nitrogens is 2. The average Bonchev–Trinajstić information content (AvgIpc) is 2.96. The van der Waals surface area contributed by atoms with Gasteiger partial charge < -0.3 is 15.4 Å². The fourth-order valence-electron chi connectivity index (χ4n) is 2.46. The molecule has 0 bridgehead atoms. The van der Waals surface area contributed by atoms with Crippen LogP contribution in [0.25, 0.3) is 11.0 Å². The van der Waals surface area contributed by atoms with Crippen LogP contribution in [0.3, 0.4) is 0 Å². The van der Waals surface area contributed by atoms with Crippen LogP contribution < -0.4 is 5.32 Å². The summed E-state index contributed by atoms with van der Waals surface area (Å²) in [5, 5.41) is 12.9. The molecule has 0 unspecified atom stereocenters. The van der Waals surface area contributed by atoms with Gasteiger partial charge in [0.05, 0.1) is 17.6 Å². The lowest BCUT2D eigenvalue weighted by molar-refractivity contribution is 0.0853. The smallest absolute Gasteiger partial charge is 0.255 e. The molecule has 25 heavy (non-hydrogen) atoms. The second kappa shape index (κ2) is 6.05. The van der Waals surface area contributed by atoms with Crippen LogP contribution in [0.1, 0.15) is 41.6 Å². The van der Waals surface area contributed by atoms with E-state index >= 15 is 0 Å². The molecule has 0 aliphatic rings. The molecule has 3 N–H and O–H groups in total. The SMILES string of the molecule is CC(C)(C)C(=O)c1cc2cc(NC(=O)c3cccc(O)c3)cnc2[nH]1. The lowest BCUT2D eigenvalue weighted by Crippen LogP contribution is -2.20. The monoisotopic (exact) mass is 337 g/mol. The maximum atomic E-state index is 12.4. The van der Waals surface area contributed by atoms with Gasteiger partial charge in [-0.3, -0.25) is 9.59 Å². The van der Waals surface area contributed by atoms with Crippen molar-refractivity contribution in [2.45, 2.75) is 20.8 Å². The van der Waals surface area contributed by atoms with E-state index in [2.05, 4.69) is 15.3 Å². The maximum absolute atomic E-state index is 12.4. The Labute approximate surface area is 144 Å². The molecule has 0 fully saturated rings. The predicted octanol–water partition coefficient (Wildman–Crippen LogP) is 3.75. The number of aromatic amines is 1. The van der Waals surface area contributed by atoms with Gasteiger partial charge in [0.15, 0.2) is 5.78 Å². The largest absolute Gasteiger partial charge is 0.508 e. The van der Waals surface area contributed by atoms with Crippen molar-refractivity contribution in [1.82, 2.24) is 9.97 Å². The van der Waals surface area contributed by atoms with Gasteiger partial charge in [-0.25, -0.2) is 4.98 Å². The summed E-state index contributed by atoms with van der Waals surface area (Å²) in [5.74, 6) is -0.327. The first-order valence-electron chi connectivity index (χ1n) is 7.88. The molecule has 0 radical (unpaired) electrons. The summed E-state index contributed by atoms with van der Waals surface area (Å²) in [5.41, 5.74) is 1.44. The summed E-state index contributed by atoms with van der Waals surface area (Å²) in [6.45, 7) is 5.57. The van der Waals surface area contributed by atoms with Crippen molar-refractivity contribution in [3.8, 4) is 5.75 Å². The predicted molar refractivity (Wildman–Crippen MR) is 95.9 cm³/mol. The minimum atomic E-state index is -0.493. The number of nitrogens with zero attached hydrogens (tertiary/aromatic N) is 1. The van der Waals surface area contributed by atoms with E-state index in [0.29, 0.717) is 22.6 Å². The Morgan fingerprint density at radius 1 is 1.16 bits per heavy atom. The first kappa shape index (κ1) is 16.7. The topological polar surface area (TPSA) is 95.1 Å². The zero-order valence-corrected chi connectivity index (χ0v) is 14.3. The van der Waals surface area contributed by atoms with E-state index in [0.717, 1.165) is 5.39 Å². The zero-order chi connectivity index (χ0) is 18.2. The minimum absolute atomic E-state index is 0.00385. The normalized spacial score (nSPS) is 11.5. The van der Waals surface area contributed by atoms with Crippen LogP contribution in [0, 0.1) is 5.41 Å². The van der Waals surface area contributed by atoms with Gasteiger partial charge in [0, 0.05) is 16.4 Å². The van der Waals surface area contributed by atoms with Gasteiger partial charge in [0.2, 0.25) is 0 Å². The number of ketones is 1. The molecule has 1 aromatic carbocycles. The first-order chi connectivity index (χ1) is 11.7. The maximum Gasteiger partial charge on any atom is 0.255 e. The number of fused-ring (bicyclic) bond motifs is 1. The molecule has 2 heterocycles. The molecular weight excluding hydrogens is 318 g/mol. The fraction of sp³-hybridized carbons (Fsp3) is 0.211. The van der Waals surface area contributed by atoms with Crippen LogP contribution in [-0.4, -0.2) is 26.8 Å². The molecule has 0 saturated heterocycles. The van der Waals surface area contributed by atoms with Crippen molar-refractivity contribution >= 4 is 28.4 Å². The number of phenols is 1. The zero-order valence-electron chi connectivity index (χ0n) is 14.3. The van der Waals surface area contributed by atoms with Gasteiger partial charge in [-0.2, -0.15) is 0 Å². The number of carbonyl (C=O) groups is 2. The number of Topliss-reactive ketones (excluding diaryl/α,β-unsaturated/α-hetero) is 1. The van der Waals surface area contributed by atoms with E-state index in [1.54, 1.807) is 24.3 Å². The lowest BCUT2D eigenvalue weighted by Gasteiger charge is -2.14. The van der Waals surface area contributed by atoms with Gasteiger partial charge in [0.1, 0.15) is 11.4 Å². The average molecular weight is 337 g/mol. The summed E-state index contributed by atoms with van der Waals surface area (Å²) >= 11 is 0. The quantitative estimate of drug-likeness (QED) is 0.634. The van der Waals surface area contributed by atoms with Gasteiger partial charge in [-0.05, 0) is 30.3 Å². The van der Waals surface area contributed by atoms with Crippen molar-refractivity contribution in [2.75, 3.05) is 5.32 Å². The van der Waals surface area contributed by atoms with E-state index in [-0.39, 0.29) is 17.4 Å². The highest BCUT2D eigenvalue weighted by Crippen LogP contribution is 2.24. The summed E-state index contributed by atoms with van der Waals surface area (Å²) in [6, 6.07) is 9.58. The summed E-state index contributed by atoms with van der Waals surface area (Å²) in [4.78, 5) is 31.9. The molecule has 0 spiro atoms. The number of benzene rings is 1. The van der Waals surface area contributed by atoms with E-state index in [4.69, 9.17) is 0 Å². The number of nitrogens with one attached hydrogen (secondary N) is 2. The Balaban J connectivity index is 1.86. The Kier molecular flexibility index (Phi) is 4.04. The summed E-state index contributed by atoms with van der Waals surface area (Å²) < 4.78 is 0.